The second kappa shape index (κ2) is 5.17. The Bertz CT molecular complexity index is 339. The van der Waals surface area contributed by atoms with Crippen LogP contribution in [0.3, 0.4) is 0 Å². The third kappa shape index (κ3) is 3.35. The second-order valence-corrected chi connectivity index (χ2v) is 4.60. The largest absolute Gasteiger partial charge is 0.385 e. The molecule has 0 radical (unpaired) electrons. The molecule has 0 aliphatic rings. The minimum atomic E-state index is -0.953. The van der Waals surface area contributed by atoms with Crippen molar-refractivity contribution in [3.63, 3.8) is 0 Å². The van der Waals surface area contributed by atoms with E-state index in [2.05, 4.69) is 5.32 Å². The molecule has 15 heavy (non-hydrogen) atoms. The summed E-state index contributed by atoms with van der Waals surface area (Å²) in [5.41, 5.74) is -0.280. The number of rotatable bonds is 4. The van der Waals surface area contributed by atoms with E-state index in [1.165, 1.54) is 0 Å². The van der Waals surface area contributed by atoms with Crippen LogP contribution in [0.25, 0.3) is 0 Å². The van der Waals surface area contributed by atoms with Crippen molar-refractivity contribution in [2.24, 2.45) is 0 Å². The quantitative estimate of drug-likeness (QED) is 0.858. The van der Waals surface area contributed by atoms with E-state index in [9.17, 15) is 5.11 Å². The van der Waals surface area contributed by atoms with Crippen LogP contribution in [0.1, 0.15) is 18.9 Å². The summed E-state index contributed by atoms with van der Waals surface area (Å²) in [6, 6.07) is 5.12. The summed E-state index contributed by atoms with van der Waals surface area (Å²) in [6.07, 6.45) is 0.587. The van der Waals surface area contributed by atoms with Gasteiger partial charge in [-0.15, -0.1) is 0 Å². The maximum absolute atomic E-state index is 10.2. The highest BCUT2D eigenvalue weighted by atomic mass is 35.5. The molecule has 1 aromatic carbocycles. The van der Waals surface area contributed by atoms with Gasteiger partial charge in [-0.3, -0.25) is 0 Å². The predicted molar refractivity (Wildman–Crippen MR) is 64.6 cm³/mol. The highest BCUT2D eigenvalue weighted by Gasteiger charge is 2.25. The molecule has 84 valence electrons. The van der Waals surface area contributed by atoms with Gasteiger partial charge in [0, 0.05) is 15.6 Å². The summed E-state index contributed by atoms with van der Waals surface area (Å²) in [6.45, 7) is 2.46. The van der Waals surface area contributed by atoms with Gasteiger partial charge < -0.3 is 10.4 Å². The Morgan fingerprint density at radius 2 is 2.07 bits per heavy atom. The average molecular weight is 248 g/mol. The van der Waals surface area contributed by atoms with Gasteiger partial charge in [0.25, 0.3) is 0 Å². The Balaban J connectivity index is 2.97. The molecule has 0 aliphatic carbocycles. The maximum atomic E-state index is 10.2. The van der Waals surface area contributed by atoms with Crippen LogP contribution in [-0.2, 0) is 5.60 Å². The van der Waals surface area contributed by atoms with E-state index in [-0.39, 0.29) is 0 Å². The smallest absolute Gasteiger partial charge is 0.0895 e. The Morgan fingerprint density at radius 1 is 1.40 bits per heavy atom. The summed E-state index contributed by atoms with van der Waals surface area (Å²) in [5.74, 6) is 0. The van der Waals surface area contributed by atoms with Crippen molar-refractivity contribution in [2.45, 2.75) is 18.9 Å². The van der Waals surface area contributed by atoms with E-state index >= 15 is 0 Å². The topological polar surface area (TPSA) is 32.3 Å². The molecule has 0 spiro atoms. The number of nitrogens with one attached hydrogen (secondary N) is 1. The maximum Gasteiger partial charge on any atom is 0.0895 e. The van der Waals surface area contributed by atoms with Gasteiger partial charge in [0.15, 0.2) is 0 Å². The molecule has 2 nitrogen and oxygen atoms in total. The summed E-state index contributed by atoms with van der Waals surface area (Å²) in [7, 11) is 1.84. The molecule has 0 aromatic heterocycles. The molecule has 1 atom stereocenters. The van der Waals surface area contributed by atoms with Gasteiger partial charge in [-0.1, -0.05) is 23.2 Å². The zero-order chi connectivity index (χ0) is 11.5. The molecule has 0 fully saturated rings. The fourth-order valence-electron chi connectivity index (χ4n) is 1.41. The molecule has 2 N–H and O–H groups in total. The monoisotopic (exact) mass is 247 g/mol. The fraction of sp³-hybridized carbons (Fsp3) is 0.455. The van der Waals surface area contributed by atoms with Crippen molar-refractivity contribution in [1.29, 1.82) is 0 Å². The minimum absolute atomic E-state index is 0.542. The molecule has 1 aromatic rings. The Labute approximate surface area is 100 Å². The first-order chi connectivity index (χ1) is 6.97. The van der Waals surface area contributed by atoms with Crippen molar-refractivity contribution >= 4 is 23.2 Å². The van der Waals surface area contributed by atoms with Crippen LogP contribution in [0.4, 0.5) is 0 Å². The van der Waals surface area contributed by atoms with E-state index in [1.807, 2.05) is 7.05 Å². The van der Waals surface area contributed by atoms with Gasteiger partial charge >= 0.3 is 0 Å². The average Bonchev–Trinajstić information content (AvgIpc) is 2.18. The number of aliphatic hydroxyl groups is 1. The van der Waals surface area contributed by atoms with Crippen LogP contribution >= 0.6 is 23.2 Å². The third-order valence-electron chi connectivity index (χ3n) is 2.37. The lowest BCUT2D eigenvalue weighted by molar-refractivity contribution is 0.0486. The molecular formula is C11H15Cl2NO. The van der Waals surface area contributed by atoms with Crippen molar-refractivity contribution in [3.8, 4) is 0 Å². The van der Waals surface area contributed by atoms with E-state index in [1.54, 1.807) is 25.1 Å². The van der Waals surface area contributed by atoms with Crippen LogP contribution in [0.2, 0.25) is 10.0 Å². The first-order valence-electron chi connectivity index (χ1n) is 4.80. The number of halogens is 2. The van der Waals surface area contributed by atoms with Crippen LogP contribution in [0.5, 0.6) is 0 Å². The summed E-state index contributed by atoms with van der Waals surface area (Å²) >= 11 is 11.9. The van der Waals surface area contributed by atoms with Gasteiger partial charge in [0.05, 0.1) is 5.60 Å². The van der Waals surface area contributed by atoms with Crippen LogP contribution in [0.15, 0.2) is 18.2 Å². The Hall–Kier alpha value is -0.280. The molecule has 1 rings (SSSR count). The van der Waals surface area contributed by atoms with Crippen molar-refractivity contribution in [3.05, 3.63) is 33.8 Å². The highest BCUT2D eigenvalue weighted by molar-refractivity contribution is 6.33. The molecule has 0 bridgehead atoms. The molecule has 1 unspecified atom stereocenters. The minimum Gasteiger partial charge on any atom is -0.385 e. The first-order valence-corrected chi connectivity index (χ1v) is 5.55. The normalized spacial score (nSPS) is 15.0. The second-order valence-electron chi connectivity index (χ2n) is 3.75. The zero-order valence-electron chi connectivity index (χ0n) is 8.85. The SMILES string of the molecule is CNCCC(C)(O)c1cc(Cl)ccc1Cl. The zero-order valence-corrected chi connectivity index (χ0v) is 10.4. The molecule has 0 aliphatic heterocycles. The summed E-state index contributed by atoms with van der Waals surface area (Å²) in [4.78, 5) is 0. The van der Waals surface area contributed by atoms with Gasteiger partial charge in [-0.2, -0.15) is 0 Å². The molecule has 4 heteroatoms. The molecule has 0 saturated carbocycles. The van der Waals surface area contributed by atoms with Crippen LogP contribution < -0.4 is 5.32 Å². The number of hydrogen-bond donors (Lipinski definition) is 2. The lowest BCUT2D eigenvalue weighted by atomic mass is 9.92. The van der Waals surface area contributed by atoms with E-state index in [0.29, 0.717) is 22.0 Å². The van der Waals surface area contributed by atoms with E-state index in [4.69, 9.17) is 23.2 Å². The summed E-state index contributed by atoms with van der Waals surface area (Å²) < 4.78 is 0. The molecule has 0 amide bonds. The standard InChI is InChI=1S/C11H15Cl2NO/c1-11(15,5-6-14-2)9-7-8(12)3-4-10(9)13/h3-4,7,14-15H,5-6H2,1-2H3. The fourth-order valence-corrected chi connectivity index (χ4v) is 1.91. The molecule has 0 heterocycles. The Kier molecular flexibility index (Phi) is 4.41. The molecular weight excluding hydrogens is 233 g/mol. The van der Waals surface area contributed by atoms with Crippen LogP contribution in [-0.4, -0.2) is 18.7 Å². The third-order valence-corrected chi connectivity index (χ3v) is 2.94. The van der Waals surface area contributed by atoms with Gasteiger partial charge in [-0.05, 0) is 45.1 Å². The van der Waals surface area contributed by atoms with Crippen LogP contribution in [0, 0.1) is 0 Å². The highest BCUT2D eigenvalue weighted by Crippen LogP contribution is 2.32. The van der Waals surface area contributed by atoms with Crippen molar-refractivity contribution < 1.29 is 5.11 Å². The summed E-state index contributed by atoms with van der Waals surface area (Å²) in [5, 5.41) is 14.4. The predicted octanol–water partition coefficient (Wildman–Crippen LogP) is 2.81. The number of hydrogen-bond acceptors (Lipinski definition) is 2. The lowest BCUT2D eigenvalue weighted by Crippen LogP contribution is -2.26. The van der Waals surface area contributed by atoms with Crippen molar-refractivity contribution in [1.82, 2.24) is 5.32 Å². The van der Waals surface area contributed by atoms with E-state index < -0.39 is 5.60 Å². The van der Waals surface area contributed by atoms with E-state index in [0.717, 1.165) is 6.54 Å². The molecule has 0 saturated heterocycles. The van der Waals surface area contributed by atoms with Crippen molar-refractivity contribution in [2.75, 3.05) is 13.6 Å². The van der Waals surface area contributed by atoms with Gasteiger partial charge in [-0.25, -0.2) is 0 Å². The number of benzene rings is 1. The van der Waals surface area contributed by atoms with Gasteiger partial charge in [0.2, 0.25) is 0 Å². The lowest BCUT2D eigenvalue weighted by Gasteiger charge is -2.25. The van der Waals surface area contributed by atoms with Gasteiger partial charge in [0.1, 0.15) is 0 Å². The first kappa shape index (κ1) is 12.8. The Morgan fingerprint density at radius 3 is 2.67 bits per heavy atom.